The van der Waals surface area contributed by atoms with Gasteiger partial charge in [0.2, 0.25) is 0 Å². The van der Waals surface area contributed by atoms with E-state index in [1.54, 1.807) is 0 Å². The van der Waals surface area contributed by atoms with Gasteiger partial charge in [0.1, 0.15) is 0 Å². The van der Waals surface area contributed by atoms with Gasteiger partial charge in [0.25, 0.3) is 0 Å². The maximum atomic E-state index is 5.67. The van der Waals surface area contributed by atoms with Crippen molar-refractivity contribution >= 4 is 5.57 Å². The highest BCUT2D eigenvalue weighted by atomic mass is 16.5. The Labute approximate surface area is 103 Å². The van der Waals surface area contributed by atoms with Crippen LogP contribution in [0.5, 0.6) is 0 Å². The lowest BCUT2D eigenvalue weighted by molar-refractivity contribution is 0.193. The lowest BCUT2D eigenvalue weighted by Crippen LogP contribution is -2.04. The van der Waals surface area contributed by atoms with Crippen molar-refractivity contribution in [1.29, 1.82) is 0 Å². The number of fused-ring (bicyclic) bond motifs is 1. The van der Waals surface area contributed by atoms with Crippen molar-refractivity contribution in [3.05, 3.63) is 53.1 Å². The molecule has 1 aromatic carbocycles. The molecule has 1 aliphatic heterocycles. The van der Waals surface area contributed by atoms with Crippen molar-refractivity contribution in [3.63, 3.8) is 0 Å². The minimum atomic E-state index is 0.535. The number of benzene rings is 1. The summed E-state index contributed by atoms with van der Waals surface area (Å²) >= 11 is 0. The zero-order chi connectivity index (χ0) is 11.7. The standard InChI is InChI=1S/C16H18O/c1-12-6-5-9-14(13-7-3-2-4-8-13)16-11-17-10-15(12)16/h2-4,6-8,15H,5,9-11H2,1H3. The molecule has 0 spiro atoms. The van der Waals surface area contributed by atoms with Crippen LogP contribution in [0.1, 0.15) is 25.3 Å². The van der Waals surface area contributed by atoms with E-state index in [4.69, 9.17) is 4.74 Å². The summed E-state index contributed by atoms with van der Waals surface area (Å²) in [6.45, 7) is 3.93. The van der Waals surface area contributed by atoms with Gasteiger partial charge in [-0.05, 0) is 36.5 Å². The van der Waals surface area contributed by atoms with Crippen LogP contribution in [-0.2, 0) is 4.74 Å². The second kappa shape index (κ2) is 4.50. The summed E-state index contributed by atoms with van der Waals surface area (Å²) in [4.78, 5) is 0. The molecule has 1 atom stereocenters. The molecule has 1 unspecified atom stereocenters. The summed E-state index contributed by atoms with van der Waals surface area (Å²) in [5.74, 6) is 0.535. The summed E-state index contributed by atoms with van der Waals surface area (Å²) in [7, 11) is 0. The normalized spacial score (nSPS) is 24.3. The zero-order valence-corrected chi connectivity index (χ0v) is 10.3. The molecule has 0 bridgehead atoms. The quantitative estimate of drug-likeness (QED) is 0.661. The first-order valence-corrected chi connectivity index (χ1v) is 6.38. The highest BCUT2D eigenvalue weighted by molar-refractivity contribution is 5.71. The predicted octanol–water partition coefficient (Wildman–Crippen LogP) is 3.83. The molecule has 0 aromatic heterocycles. The van der Waals surface area contributed by atoms with Crippen molar-refractivity contribution in [2.45, 2.75) is 19.8 Å². The molecule has 17 heavy (non-hydrogen) atoms. The molecule has 1 nitrogen and oxygen atoms in total. The first kappa shape index (κ1) is 10.8. The second-order valence-electron chi connectivity index (χ2n) is 4.92. The zero-order valence-electron chi connectivity index (χ0n) is 10.3. The first-order valence-electron chi connectivity index (χ1n) is 6.38. The van der Waals surface area contributed by atoms with Crippen LogP contribution in [0, 0.1) is 5.92 Å². The Bertz CT molecular complexity index is 468. The molecule has 2 aliphatic rings. The average molecular weight is 226 g/mol. The Morgan fingerprint density at radius 1 is 1.18 bits per heavy atom. The molecule has 88 valence electrons. The van der Waals surface area contributed by atoms with E-state index in [2.05, 4.69) is 43.3 Å². The van der Waals surface area contributed by atoms with Crippen molar-refractivity contribution in [3.8, 4) is 0 Å². The molecule has 0 saturated carbocycles. The van der Waals surface area contributed by atoms with Gasteiger partial charge in [-0.25, -0.2) is 0 Å². The third-order valence-electron chi connectivity index (χ3n) is 3.88. The molecule has 0 amide bonds. The lowest BCUT2D eigenvalue weighted by atomic mass is 9.89. The predicted molar refractivity (Wildman–Crippen MR) is 70.7 cm³/mol. The molecule has 1 saturated heterocycles. The fraction of sp³-hybridized carbons (Fsp3) is 0.375. The smallest absolute Gasteiger partial charge is 0.0689 e. The van der Waals surface area contributed by atoms with Crippen LogP contribution < -0.4 is 0 Å². The molecule has 0 radical (unpaired) electrons. The van der Waals surface area contributed by atoms with Crippen molar-refractivity contribution in [1.82, 2.24) is 0 Å². The Hall–Kier alpha value is -1.34. The van der Waals surface area contributed by atoms with Crippen LogP contribution in [-0.4, -0.2) is 13.2 Å². The molecular weight excluding hydrogens is 208 g/mol. The third-order valence-corrected chi connectivity index (χ3v) is 3.88. The van der Waals surface area contributed by atoms with Gasteiger partial charge in [0.05, 0.1) is 13.2 Å². The molecule has 1 aromatic rings. The van der Waals surface area contributed by atoms with Gasteiger partial charge < -0.3 is 4.74 Å². The van der Waals surface area contributed by atoms with E-state index in [1.807, 2.05) is 0 Å². The van der Waals surface area contributed by atoms with Gasteiger partial charge in [0, 0.05) is 5.92 Å². The van der Waals surface area contributed by atoms with Gasteiger partial charge in [-0.1, -0.05) is 42.0 Å². The van der Waals surface area contributed by atoms with Crippen molar-refractivity contribution < 1.29 is 4.74 Å². The number of allylic oxidation sites excluding steroid dienone is 2. The molecule has 1 aliphatic carbocycles. The fourth-order valence-corrected chi connectivity index (χ4v) is 2.91. The number of hydrogen-bond donors (Lipinski definition) is 0. The van der Waals surface area contributed by atoms with Crippen molar-refractivity contribution in [2.24, 2.45) is 5.92 Å². The third kappa shape index (κ3) is 1.96. The highest BCUT2D eigenvalue weighted by Crippen LogP contribution is 2.38. The summed E-state index contributed by atoms with van der Waals surface area (Å²) in [5.41, 5.74) is 5.90. The summed E-state index contributed by atoms with van der Waals surface area (Å²) in [6.07, 6.45) is 4.70. The van der Waals surface area contributed by atoms with E-state index in [0.717, 1.165) is 26.1 Å². The largest absolute Gasteiger partial charge is 0.376 e. The second-order valence-corrected chi connectivity index (χ2v) is 4.92. The molecule has 1 heteroatoms. The van der Waals surface area contributed by atoms with Crippen LogP contribution in [0.4, 0.5) is 0 Å². The monoisotopic (exact) mass is 226 g/mol. The Morgan fingerprint density at radius 3 is 2.82 bits per heavy atom. The van der Waals surface area contributed by atoms with E-state index in [9.17, 15) is 0 Å². The molecule has 1 heterocycles. The highest BCUT2D eigenvalue weighted by Gasteiger charge is 2.27. The Morgan fingerprint density at radius 2 is 2.00 bits per heavy atom. The van der Waals surface area contributed by atoms with Crippen LogP contribution in [0.15, 0.2) is 47.6 Å². The summed E-state index contributed by atoms with van der Waals surface area (Å²) in [6, 6.07) is 10.8. The molecule has 3 rings (SSSR count). The van der Waals surface area contributed by atoms with Crippen LogP contribution in [0.2, 0.25) is 0 Å². The number of hydrogen-bond acceptors (Lipinski definition) is 1. The minimum absolute atomic E-state index is 0.535. The molecule has 0 N–H and O–H groups in total. The van der Waals surface area contributed by atoms with E-state index in [-0.39, 0.29) is 0 Å². The fourth-order valence-electron chi connectivity index (χ4n) is 2.91. The van der Waals surface area contributed by atoms with Gasteiger partial charge in [0.15, 0.2) is 0 Å². The van der Waals surface area contributed by atoms with E-state index in [0.29, 0.717) is 5.92 Å². The van der Waals surface area contributed by atoms with Gasteiger partial charge in [-0.15, -0.1) is 0 Å². The van der Waals surface area contributed by atoms with Gasteiger partial charge in [-0.2, -0.15) is 0 Å². The SMILES string of the molecule is CC1=CCCC(c2ccccc2)=C2COCC12. The van der Waals surface area contributed by atoms with Crippen LogP contribution in [0.25, 0.3) is 5.57 Å². The summed E-state index contributed by atoms with van der Waals surface area (Å²) in [5, 5.41) is 0. The Kier molecular flexibility index (Phi) is 2.86. The topological polar surface area (TPSA) is 9.23 Å². The summed E-state index contributed by atoms with van der Waals surface area (Å²) < 4.78 is 5.67. The van der Waals surface area contributed by atoms with Gasteiger partial charge >= 0.3 is 0 Å². The van der Waals surface area contributed by atoms with Crippen LogP contribution >= 0.6 is 0 Å². The lowest BCUT2D eigenvalue weighted by Gasteiger charge is -2.13. The average Bonchev–Trinajstić information content (AvgIpc) is 2.79. The maximum Gasteiger partial charge on any atom is 0.0689 e. The van der Waals surface area contributed by atoms with Crippen LogP contribution in [0.3, 0.4) is 0 Å². The number of ether oxygens (including phenoxy) is 1. The van der Waals surface area contributed by atoms with E-state index < -0.39 is 0 Å². The van der Waals surface area contributed by atoms with Gasteiger partial charge in [-0.3, -0.25) is 0 Å². The Balaban J connectivity index is 2.07. The first-order chi connectivity index (χ1) is 8.36. The van der Waals surface area contributed by atoms with E-state index >= 15 is 0 Å². The minimum Gasteiger partial charge on any atom is -0.376 e. The van der Waals surface area contributed by atoms with E-state index in [1.165, 1.54) is 22.3 Å². The number of rotatable bonds is 1. The maximum absolute atomic E-state index is 5.67. The molecule has 1 fully saturated rings. The van der Waals surface area contributed by atoms with Crippen molar-refractivity contribution in [2.75, 3.05) is 13.2 Å². The molecular formula is C16H18O.